The van der Waals surface area contributed by atoms with Gasteiger partial charge >= 0.3 is 22.3 Å². The molecule has 2 atom stereocenters. The summed E-state index contributed by atoms with van der Waals surface area (Å²) in [6.07, 6.45) is -1.15. The van der Waals surface area contributed by atoms with Crippen molar-refractivity contribution in [3.63, 3.8) is 0 Å². The SMILES string of the molecule is CC(C)(C)OC(=O)N[C@@H](CN1CC(CS(=O)(=O)F)CC1=O)C(=O)O. The zero-order chi connectivity index (χ0) is 18.7. The molecule has 0 aromatic heterocycles. The van der Waals surface area contributed by atoms with E-state index in [1.165, 1.54) is 0 Å². The Kier molecular flexibility index (Phi) is 6.15. The highest BCUT2D eigenvalue weighted by Gasteiger charge is 2.36. The van der Waals surface area contributed by atoms with Crippen molar-refractivity contribution in [1.29, 1.82) is 0 Å². The van der Waals surface area contributed by atoms with Gasteiger partial charge in [-0.25, -0.2) is 9.59 Å². The molecular formula is C13H21FN2O7S. The maximum atomic E-state index is 12.7. The van der Waals surface area contributed by atoms with E-state index >= 15 is 0 Å². The van der Waals surface area contributed by atoms with Crippen LogP contribution in [0.25, 0.3) is 0 Å². The van der Waals surface area contributed by atoms with Gasteiger partial charge in [0.2, 0.25) is 5.91 Å². The number of carboxylic acids is 1. The monoisotopic (exact) mass is 368 g/mol. The fraction of sp³-hybridized carbons (Fsp3) is 0.769. The molecule has 1 saturated heterocycles. The molecule has 1 fully saturated rings. The van der Waals surface area contributed by atoms with Crippen LogP contribution in [-0.4, -0.2) is 66.9 Å². The molecule has 0 aromatic rings. The molecule has 0 radical (unpaired) electrons. The van der Waals surface area contributed by atoms with Gasteiger partial charge in [-0.05, 0) is 20.8 Å². The molecule has 9 nitrogen and oxygen atoms in total. The van der Waals surface area contributed by atoms with Crippen molar-refractivity contribution >= 4 is 28.2 Å². The van der Waals surface area contributed by atoms with E-state index in [0.29, 0.717) is 0 Å². The number of halogens is 1. The van der Waals surface area contributed by atoms with Crippen LogP contribution in [0.3, 0.4) is 0 Å². The van der Waals surface area contributed by atoms with Crippen LogP contribution in [0.1, 0.15) is 27.2 Å². The van der Waals surface area contributed by atoms with Crippen molar-refractivity contribution in [3.05, 3.63) is 0 Å². The molecule has 1 rings (SSSR count). The first-order chi connectivity index (χ1) is 10.8. The van der Waals surface area contributed by atoms with E-state index in [-0.39, 0.29) is 19.5 Å². The van der Waals surface area contributed by atoms with Gasteiger partial charge in [0, 0.05) is 18.9 Å². The summed E-state index contributed by atoms with van der Waals surface area (Å²) in [5, 5.41) is 11.3. The minimum absolute atomic E-state index is 0.0955. The minimum Gasteiger partial charge on any atom is -0.480 e. The molecule has 2 amide bonds. The second-order valence-electron chi connectivity index (χ2n) is 6.61. The molecular weight excluding hydrogens is 347 g/mol. The maximum absolute atomic E-state index is 12.7. The van der Waals surface area contributed by atoms with Gasteiger partial charge in [0.1, 0.15) is 11.6 Å². The quantitative estimate of drug-likeness (QED) is 0.636. The largest absolute Gasteiger partial charge is 0.480 e. The Morgan fingerprint density at radius 3 is 2.50 bits per heavy atom. The zero-order valence-electron chi connectivity index (χ0n) is 13.6. The summed E-state index contributed by atoms with van der Waals surface area (Å²) >= 11 is 0. The lowest BCUT2D eigenvalue weighted by molar-refractivity contribution is -0.140. The first-order valence-corrected chi connectivity index (χ1v) is 8.74. The van der Waals surface area contributed by atoms with E-state index in [0.717, 1.165) is 4.90 Å². The van der Waals surface area contributed by atoms with Crippen molar-refractivity contribution in [3.8, 4) is 0 Å². The molecule has 0 aromatic carbocycles. The molecule has 2 N–H and O–H groups in total. The third kappa shape index (κ3) is 7.11. The molecule has 1 heterocycles. The number of amides is 2. The van der Waals surface area contributed by atoms with Crippen molar-refractivity contribution in [2.75, 3.05) is 18.8 Å². The molecule has 1 aliphatic rings. The van der Waals surface area contributed by atoms with Crippen LogP contribution in [0, 0.1) is 5.92 Å². The Morgan fingerprint density at radius 1 is 1.46 bits per heavy atom. The van der Waals surface area contributed by atoms with Crippen LogP contribution < -0.4 is 5.32 Å². The number of rotatable bonds is 6. The Labute approximate surface area is 139 Å². The summed E-state index contributed by atoms with van der Waals surface area (Å²) in [7, 11) is -4.72. The summed E-state index contributed by atoms with van der Waals surface area (Å²) in [4.78, 5) is 35.8. The number of hydrogen-bond donors (Lipinski definition) is 2. The number of ether oxygens (including phenoxy) is 1. The van der Waals surface area contributed by atoms with Gasteiger partial charge in [0.05, 0.1) is 12.3 Å². The number of aliphatic carboxylic acids is 1. The van der Waals surface area contributed by atoms with Crippen molar-refractivity contribution in [2.45, 2.75) is 38.8 Å². The predicted octanol–water partition coefficient (Wildman–Crippen LogP) is 0.112. The van der Waals surface area contributed by atoms with E-state index in [2.05, 4.69) is 5.32 Å². The summed E-state index contributed by atoms with van der Waals surface area (Å²) < 4.78 is 38.9. The smallest absolute Gasteiger partial charge is 0.408 e. The van der Waals surface area contributed by atoms with Crippen LogP contribution in [0.5, 0.6) is 0 Å². The van der Waals surface area contributed by atoms with Gasteiger partial charge in [-0.2, -0.15) is 8.42 Å². The van der Waals surface area contributed by atoms with Gasteiger partial charge in [-0.1, -0.05) is 0 Å². The number of likely N-dealkylation sites (tertiary alicyclic amines) is 1. The standard InChI is InChI=1S/C13H21FN2O7S/c1-13(2,3)23-12(20)15-9(11(18)19)6-16-5-8(4-10(16)17)7-24(14,21)22/h8-9H,4-7H2,1-3H3,(H,15,20)(H,18,19)/t8?,9-/m0/s1. The Morgan fingerprint density at radius 2 is 2.04 bits per heavy atom. The number of carbonyl (C=O) groups is 3. The number of carbonyl (C=O) groups excluding carboxylic acids is 2. The number of hydrogen-bond acceptors (Lipinski definition) is 6. The molecule has 1 aliphatic heterocycles. The second-order valence-corrected chi connectivity index (χ2v) is 8.02. The van der Waals surface area contributed by atoms with E-state index < -0.39 is 51.5 Å². The lowest BCUT2D eigenvalue weighted by Gasteiger charge is -2.24. The predicted molar refractivity (Wildman–Crippen MR) is 80.4 cm³/mol. The molecule has 0 aliphatic carbocycles. The average molecular weight is 368 g/mol. The number of nitrogens with zero attached hydrogens (tertiary/aromatic N) is 1. The van der Waals surface area contributed by atoms with Gasteiger partial charge in [0.25, 0.3) is 0 Å². The summed E-state index contributed by atoms with van der Waals surface area (Å²) in [5.74, 6) is -3.42. The molecule has 1 unspecified atom stereocenters. The average Bonchev–Trinajstić information content (AvgIpc) is 2.63. The minimum atomic E-state index is -4.72. The normalized spacial score (nSPS) is 19.9. The Balaban J connectivity index is 2.67. The van der Waals surface area contributed by atoms with E-state index in [1.54, 1.807) is 20.8 Å². The highest BCUT2D eigenvalue weighted by Crippen LogP contribution is 2.20. The topological polar surface area (TPSA) is 130 Å². The lowest BCUT2D eigenvalue weighted by atomic mass is 10.1. The molecule has 0 saturated carbocycles. The van der Waals surface area contributed by atoms with Crippen LogP contribution in [0.15, 0.2) is 0 Å². The Bertz CT molecular complexity index is 614. The number of alkyl carbamates (subject to hydrolysis) is 1. The van der Waals surface area contributed by atoms with E-state index in [1.807, 2.05) is 0 Å². The highest BCUT2D eigenvalue weighted by atomic mass is 32.3. The molecule has 138 valence electrons. The molecule has 0 spiro atoms. The van der Waals surface area contributed by atoms with Gasteiger partial charge in [-0.15, -0.1) is 3.89 Å². The van der Waals surface area contributed by atoms with E-state index in [4.69, 9.17) is 9.84 Å². The van der Waals surface area contributed by atoms with Crippen LogP contribution in [0.4, 0.5) is 8.68 Å². The van der Waals surface area contributed by atoms with Gasteiger partial charge in [-0.3, -0.25) is 4.79 Å². The van der Waals surface area contributed by atoms with E-state index in [9.17, 15) is 26.7 Å². The summed E-state index contributed by atoms with van der Waals surface area (Å²) in [5.41, 5.74) is -0.822. The lowest BCUT2D eigenvalue weighted by Crippen LogP contribution is -2.50. The highest BCUT2D eigenvalue weighted by molar-refractivity contribution is 7.86. The molecule has 24 heavy (non-hydrogen) atoms. The van der Waals surface area contributed by atoms with Crippen molar-refractivity contribution in [1.82, 2.24) is 10.2 Å². The fourth-order valence-electron chi connectivity index (χ4n) is 2.28. The number of carboxylic acid groups (broad SMARTS) is 1. The van der Waals surface area contributed by atoms with Crippen molar-refractivity contribution in [2.24, 2.45) is 5.92 Å². The maximum Gasteiger partial charge on any atom is 0.408 e. The third-order valence-corrected chi connectivity index (χ3v) is 3.99. The number of nitrogens with one attached hydrogen (secondary N) is 1. The zero-order valence-corrected chi connectivity index (χ0v) is 14.4. The van der Waals surface area contributed by atoms with Gasteiger partial charge in [0.15, 0.2) is 0 Å². The first kappa shape index (κ1) is 20.1. The van der Waals surface area contributed by atoms with Gasteiger partial charge < -0.3 is 20.1 Å². The van der Waals surface area contributed by atoms with Crippen molar-refractivity contribution < 1.29 is 36.5 Å². The summed E-state index contributed by atoms with van der Waals surface area (Å²) in [6, 6.07) is -1.43. The molecule has 11 heteroatoms. The van der Waals surface area contributed by atoms with Crippen LogP contribution in [-0.2, 0) is 24.5 Å². The first-order valence-electron chi connectivity index (χ1n) is 7.19. The molecule has 0 bridgehead atoms. The fourth-order valence-corrected chi connectivity index (χ4v) is 3.07. The third-order valence-electron chi connectivity index (χ3n) is 3.12. The summed E-state index contributed by atoms with van der Waals surface area (Å²) in [6.45, 7) is 4.36. The van der Waals surface area contributed by atoms with Crippen LogP contribution in [0.2, 0.25) is 0 Å². The Hall–Kier alpha value is -1.91. The van der Waals surface area contributed by atoms with Crippen LogP contribution >= 0.6 is 0 Å². The second kappa shape index (κ2) is 7.32.